The first-order valence-corrected chi connectivity index (χ1v) is 8.18. The van der Waals surface area contributed by atoms with Crippen molar-refractivity contribution < 1.29 is 14.3 Å². The van der Waals surface area contributed by atoms with E-state index in [1.54, 1.807) is 0 Å². The summed E-state index contributed by atoms with van der Waals surface area (Å²) in [5.74, 6) is 1.40. The molecule has 0 unspecified atom stereocenters. The fourth-order valence-electron chi connectivity index (χ4n) is 2.73. The highest BCUT2D eigenvalue weighted by molar-refractivity contribution is 5.73. The normalized spacial score (nSPS) is 21.2. The molecule has 0 radical (unpaired) electrons. The molecule has 0 aromatic carbocycles. The van der Waals surface area contributed by atoms with E-state index in [0.29, 0.717) is 19.0 Å². The van der Waals surface area contributed by atoms with Gasteiger partial charge in [0.05, 0.1) is 19.8 Å². The Morgan fingerprint density at radius 2 is 2.09 bits per heavy atom. The van der Waals surface area contributed by atoms with Gasteiger partial charge in [0.1, 0.15) is 5.82 Å². The predicted molar refractivity (Wildman–Crippen MR) is 86.4 cm³/mol. The van der Waals surface area contributed by atoms with Crippen LogP contribution in [0.2, 0.25) is 0 Å². The van der Waals surface area contributed by atoms with Crippen molar-refractivity contribution >= 4 is 11.8 Å². The number of anilines is 1. The molecule has 1 aromatic heterocycles. The first-order valence-electron chi connectivity index (χ1n) is 8.18. The molecule has 3 rings (SSSR count). The van der Waals surface area contributed by atoms with Gasteiger partial charge in [-0.2, -0.15) is 0 Å². The van der Waals surface area contributed by atoms with Crippen LogP contribution in [0.25, 0.3) is 0 Å². The fraction of sp³-hybridized carbons (Fsp3) is 0.625. The zero-order valence-corrected chi connectivity index (χ0v) is 13.3. The van der Waals surface area contributed by atoms with Crippen molar-refractivity contribution in [2.75, 3.05) is 51.0 Å². The topological polar surface area (TPSA) is 75.7 Å². The molecule has 2 aliphatic heterocycles. The molecule has 0 spiro atoms. The standard InChI is InChI=1S/C16H24N4O3/c21-16(19-11-14-3-6-23-12-14)18-10-13-1-2-15(17-9-13)20-4-7-22-8-5-20/h1-2,9,14H,3-8,10-12H2,(H2,18,19,21)/t14-/m0/s1. The molecular formula is C16H24N4O3. The van der Waals surface area contributed by atoms with Gasteiger partial charge < -0.3 is 25.0 Å². The van der Waals surface area contributed by atoms with E-state index in [9.17, 15) is 4.79 Å². The number of nitrogens with one attached hydrogen (secondary N) is 2. The molecule has 2 aliphatic rings. The van der Waals surface area contributed by atoms with Gasteiger partial charge in [0.15, 0.2) is 0 Å². The second kappa shape index (κ2) is 8.12. The number of carbonyl (C=O) groups excluding carboxylic acids is 1. The van der Waals surface area contributed by atoms with Gasteiger partial charge in [-0.15, -0.1) is 0 Å². The van der Waals surface area contributed by atoms with Crippen LogP contribution in [0.5, 0.6) is 0 Å². The lowest BCUT2D eigenvalue weighted by atomic mass is 10.1. The quantitative estimate of drug-likeness (QED) is 0.837. The molecule has 0 aliphatic carbocycles. The molecule has 2 fully saturated rings. The zero-order valence-electron chi connectivity index (χ0n) is 13.3. The fourth-order valence-corrected chi connectivity index (χ4v) is 2.73. The van der Waals surface area contributed by atoms with Crippen LogP contribution in [0.1, 0.15) is 12.0 Å². The maximum absolute atomic E-state index is 11.8. The maximum atomic E-state index is 11.8. The van der Waals surface area contributed by atoms with E-state index in [4.69, 9.17) is 9.47 Å². The van der Waals surface area contributed by atoms with Crippen LogP contribution >= 0.6 is 0 Å². The van der Waals surface area contributed by atoms with Gasteiger partial charge in [0.2, 0.25) is 0 Å². The van der Waals surface area contributed by atoms with Crippen LogP contribution in [0.3, 0.4) is 0 Å². The molecule has 0 bridgehead atoms. The number of amides is 2. The number of carbonyl (C=O) groups is 1. The number of urea groups is 1. The van der Waals surface area contributed by atoms with E-state index in [2.05, 4.69) is 20.5 Å². The molecule has 7 nitrogen and oxygen atoms in total. The van der Waals surface area contributed by atoms with Gasteiger partial charge in [0.25, 0.3) is 0 Å². The highest BCUT2D eigenvalue weighted by Crippen LogP contribution is 2.13. The molecule has 2 amide bonds. The Labute approximate surface area is 136 Å². The maximum Gasteiger partial charge on any atom is 0.315 e. The molecule has 1 aromatic rings. The Morgan fingerprint density at radius 1 is 1.22 bits per heavy atom. The number of hydrogen-bond acceptors (Lipinski definition) is 5. The summed E-state index contributed by atoms with van der Waals surface area (Å²) in [7, 11) is 0. The highest BCUT2D eigenvalue weighted by Gasteiger charge is 2.16. The first kappa shape index (κ1) is 16.0. The van der Waals surface area contributed by atoms with Crippen molar-refractivity contribution in [3.05, 3.63) is 23.9 Å². The summed E-state index contributed by atoms with van der Waals surface area (Å²) in [6.45, 7) is 5.93. The lowest BCUT2D eigenvalue weighted by molar-refractivity contribution is 0.122. The van der Waals surface area contributed by atoms with Gasteiger partial charge in [-0.1, -0.05) is 6.07 Å². The summed E-state index contributed by atoms with van der Waals surface area (Å²) >= 11 is 0. The van der Waals surface area contributed by atoms with Crippen molar-refractivity contribution in [2.45, 2.75) is 13.0 Å². The summed E-state index contributed by atoms with van der Waals surface area (Å²) in [4.78, 5) is 18.5. The molecule has 2 saturated heterocycles. The molecule has 126 valence electrons. The van der Waals surface area contributed by atoms with Crippen LogP contribution in [-0.2, 0) is 16.0 Å². The van der Waals surface area contributed by atoms with Gasteiger partial charge in [0, 0.05) is 44.9 Å². The number of nitrogens with zero attached hydrogens (tertiary/aromatic N) is 2. The molecule has 0 saturated carbocycles. The Kier molecular flexibility index (Phi) is 5.65. The van der Waals surface area contributed by atoms with Crippen LogP contribution < -0.4 is 15.5 Å². The van der Waals surface area contributed by atoms with Crippen molar-refractivity contribution in [1.29, 1.82) is 0 Å². The Morgan fingerprint density at radius 3 is 2.78 bits per heavy atom. The molecule has 7 heteroatoms. The van der Waals surface area contributed by atoms with Gasteiger partial charge >= 0.3 is 6.03 Å². The third kappa shape index (κ3) is 4.80. The largest absolute Gasteiger partial charge is 0.381 e. The van der Waals surface area contributed by atoms with Crippen LogP contribution in [0.4, 0.5) is 10.6 Å². The van der Waals surface area contributed by atoms with E-state index in [1.807, 2.05) is 18.3 Å². The average molecular weight is 320 g/mol. The number of ether oxygens (including phenoxy) is 2. The summed E-state index contributed by atoms with van der Waals surface area (Å²) in [6, 6.07) is 3.85. The molecule has 2 N–H and O–H groups in total. The lowest BCUT2D eigenvalue weighted by Crippen LogP contribution is -2.38. The van der Waals surface area contributed by atoms with E-state index < -0.39 is 0 Å². The predicted octanol–water partition coefficient (Wildman–Crippen LogP) is 0.754. The third-order valence-electron chi connectivity index (χ3n) is 4.17. The smallest absolute Gasteiger partial charge is 0.315 e. The van der Waals surface area contributed by atoms with Crippen LogP contribution in [0, 0.1) is 5.92 Å². The summed E-state index contributed by atoms with van der Waals surface area (Å²) in [6.07, 6.45) is 2.84. The van der Waals surface area contributed by atoms with Crippen LogP contribution in [0.15, 0.2) is 18.3 Å². The number of morpholine rings is 1. The summed E-state index contributed by atoms with van der Waals surface area (Å²) in [5.41, 5.74) is 0.987. The number of aromatic nitrogens is 1. The van der Waals surface area contributed by atoms with E-state index in [1.165, 1.54) is 0 Å². The Bertz CT molecular complexity index is 497. The van der Waals surface area contributed by atoms with Crippen LogP contribution in [-0.4, -0.2) is 57.1 Å². The molecule has 1 atom stereocenters. The minimum absolute atomic E-state index is 0.144. The summed E-state index contributed by atoms with van der Waals surface area (Å²) < 4.78 is 10.6. The second-order valence-electron chi connectivity index (χ2n) is 5.92. The van der Waals surface area contributed by atoms with Gasteiger partial charge in [-0.05, 0) is 18.1 Å². The average Bonchev–Trinajstić information content (AvgIpc) is 3.13. The van der Waals surface area contributed by atoms with Gasteiger partial charge in [-0.25, -0.2) is 9.78 Å². The monoisotopic (exact) mass is 320 g/mol. The number of pyridine rings is 1. The summed E-state index contributed by atoms with van der Waals surface area (Å²) in [5, 5.41) is 5.74. The molecule has 3 heterocycles. The van der Waals surface area contributed by atoms with Crippen molar-refractivity contribution in [3.63, 3.8) is 0 Å². The number of hydrogen-bond donors (Lipinski definition) is 2. The second-order valence-corrected chi connectivity index (χ2v) is 5.92. The SMILES string of the molecule is O=C(NCc1ccc(N2CCOCC2)nc1)NC[C@@H]1CCOC1. The molecule has 23 heavy (non-hydrogen) atoms. The van der Waals surface area contributed by atoms with Crippen molar-refractivity contribution in [3.8, 4) is 0 Å². The first-order chi connectivity index (χ1) is 11.3. The van der Waals surface area contributed by atoms with E-state index in [-0.39, 0.29) is 6.03 Å². The highest BCUT2D eigenvalue weighted by atomic mass is 16.5. The lowest BCUT2D eigenvalue weighted by Gasteiger charge is -2.27. The van der Waals surface area contributed by atoms with Gasteiger partial charge in [-0.3, -0.25) is 0 Å². The minimum atomic E-state index is -0.144. The minimum Gasteiger partial charge on any atom is -0.381 e. The Hall–Kier alpha value is -1.86. The number of rotatable bonds is 5. The van der Waals surface area contributed by atoms with E-state index >= 15 is 0 Å². The van der Waals surface area contributed by atoms with Crippen molar-refractivity contribution in [2.24, 2.45) is 5.92 Å². The zero-order chi connectivity index (χ0) is 15.9. The Balaban J connectivity index is 1.40. The molecular weight excluding hydrogens is 296 g/mol. The third-order valence-corrected chi connectivity index (χ3v) is 4.17. The van der Waals surface area contributed by atoms with Crippen molar-refractivity contribution in [1.82, 2.24) is 15.6 Å². The van der Waals surface area contributed by atoms with E-state index in [0.717, 1.165) is 57.3 Å².